The lowest BCUT2D eigenvalue weighted by molar-refractivity contribution is 1.08. The third kappa shape index (κ3) is 4.73. The Hall–Kier alpha value is -7.17. The summed E-state index contributed by atoms with van der Waals surface area (Å²) in [5, 5.41) is 12.1. The molecule has 0 bridgehead atoms. The van der Waals surface area contributed by atoms with E-state index in [1.165, 1.54) is 59.5 Å². The minimum atomic E-state index is 0.635. The highest BCUT2D eigenvalue weighted by molar-refractivity contribution is 6.20. The van der Waals surface area contributed by atoms with Gasteiger partial charge in [-0.25, -0.2) is 15.0 Å². The Morgan fingerprint density at radius 3 is 1.64 bits per heavy atom. The molecule has 4 nitrogen and oxygen atoms in total. The molecule has 0 atom stereocenters. The highest BCUT2D eigenvalue weighted by atomic mass is 15.0. The van der Waals surface area contributed by atoms with Crippen molar-refractivity contribution in [2.24, 2.45) is 0 Å². The Kier molecular flexibility index (Phi) is 6.52. The monoisotopic (exact) mass is 674 g/mol. The second kappa shape index (κ2) is 11.7. The van der Waals surface area contributed by atoms with Gasteiger partial charge < -0.3 is 4.57 Å². The van der Waals surface area contributed by atoms with Crippen LogP contribution in [0.2, 0.25) is 0 Å². The summed E-state index contributed by atoms with van der Waals surface area (Å²) in [5.74, 6) is 1.93. The van der Waals surface area contributed by atoms with Crippen LogP contribution in [-0.2, 0) is 0 Å². The van der Waals surface area contributed by atoms with E-state index in [0.29, 0.717) is 17.5 Å². The molecular weight excluding hydrogens is 645 g/mol. The molecule has 53 heavy (non-hydrogen) atoms. The van der Waals surface area contributed by atoms with E-state index >= 15 is 0 Å². The number of hydrogen-bond acceptors (Lipinski definition) is 3. The molecule has 11 aromatic rings. The van der Waals surface area contributed by atoms with Crippen LogP contribution in [0.1, 0.15) is 0 Å². The van der Waals surface area contributed by atoms with Gasteiger partial charge in [0.1, 0.15) is 0 Å². The predicted octanol–water partition coefficient (Wildman–Crippen LogP) is 12.6. The van der Waals surface area contributed by atoms with Crippen molar-refractivity contribution in [3.8, 4) is 39.9 Å². The van der Waals surface area contributed by atoms with Crippen LogP contribution in [0.25, 0.3) is 105 Å². The van der Waals surface area contributed by atoms with E-state index in [9.17, 15) is 0 Å². The number of nitrogens with zero attached hydrogens (tertiary/aromatic N) is 4. The maximum atomic E-state index is 5.23. The quantitative estimate of drug-likeness (QED) is 0.175. The molecule has 0 aliphatic heterocycles. The molecule has 0 saturated heterocycles. The summed E-state index contributed by atoms with van der Waals surface area (Å²) in [7, 11) is 0. The molecule has 2 heterocycles. The van der Waals surface area contributed by atoms with Crippen molar-refractivity contribution in [1.29, 1.82) is 0 Å². The van der Waals surface area contributed by atoms with E-state index < -0.39 is 0 Å². The van der Waals surface area contributed by atoms with Crippen molar-refractivity contribution in [1.82, 2.24) is 19.5 Å². The van der Waals surface area contributed by atoms with Crippen LogP contribution in [0.15, 0.2) is 182 Å². The van der Waals surface area contributed by atoms with Gasteiger partial charge in [-0.15, -0.1) is 0 Å². The van der Waals surface area contributed by atoms with Crippen LogP contribution in [0, 0.1) is 0 Å². The SMILES string of the molecule is c1ccc(-c2nc(-c3ccc(-n4c5ccccc5c5cc6ccccc6cc54)cc3)nc(-c3cc4c5ccccc5ccc4c4ccccc34)n2)cc1. The first-order chi connectivity index (χ1) is 26.3. The summed E-state index contributed by atoms with van der Waals surface area (Å²) in [4.78, 5) is 15.5. The van der Waals surface area contributed by atoms with Gasteiger partial charge in [-0.3, -0.25) is 0 Å². The molecule has 0 N–H and O–H groups in total. The molecule has 0 aliphatic carbocycles. The second-order valence-corrected chi connectivity index (χ2v) is 13.6. The van der Waals surface area contributed by atoms with E-state index in [-0.39, 0.29) is 0 Å². The highest BCUT2D eigenvalue weighted by Crippen LogP contribution is 2.39. The van der Waals surface area contributed by atoms with Gasteiger partial charge in [-0.1, -0.05) is 133 Å². The van der Waals surface area contributed by atoms with Crippen LogP contribution in [0.5, 0.6) is 0 Å². The van der Waals surface area contributed by atoms with Crippen LogP contribution < -0.4 is 0 Å². The summed E-state index contributed by atoms with van der Waals surface area (Å²) >= 11 is 0. The number of benzene rings is 9. The topological polar surface area (TPSA) is 43.6 Å². The Morgan fingerprint density at radius 1 is 0.302 bits per heavy atom. The normalized spacial score (nSPS) is 11.8. The van der Waals surface area contributed by atoms with Crippen molar-refractivity contribution < 1.29 is 0 Å². The molecule has 0 amide bonds. The number of aromatic nitrogens is 4. The summed E-state index contributed by atoms with van der Waals surface area (Å²) < 4.78 is 2.36. The fourth-order valence-corrected chi connectivity index (χ4v) is 8.08. The van der Waals surface area contributed by atoms with Crippen LogP contribution in [-0.4, -0.2) is 19.5 Å². The van der Waals surface area contributed by atoms with Crippen molar-refractivity contribution in [2.75, 3.05) is 0 Å². The fraction of sp³-hybridized carbons (Fsp3) is 0. The zero-order chi connectivity index (χ0) is 34.9. The van der Waals surface area contributed by atoms with E-state index in [1.54, 1.807) is 0 Å². The Morgan fingerprint density at radius 2 is 0.868 bits per heavy atom. The smallest absolute Gasteiger partial charge is 0.164 e. The molecule has 0 aliphatic rings. The van der Waals surface area contributed by atoms with Crippen LogP contribution in [0.3, 0.4) is 0 Å². The molecule has 0 spiro atoms. The minimum Gasteiger partial charge on any atom is -0.309 e. The van der Waals surface area contributed by atoms with Crippen molar-refractivity contribution >= 4 is 64.9 Å². The molecule has 2 aromatic heterocycles. The standard InChI is InChI=1S/C49H30N4/c1-2-13-32(14-3-1)47-50-48(52-49(51-47)44-30-42-37-17-7-6-12-31(37)24-27-40(42)38-18-8-9-19-39(38)44)33-22-25-36(26-23-33)53-45-21-11-10-20-41(45)43-28-34-15-4-5-16-35(34)29-46(43)53/h1-30H. The highest BCUT2D eigenvalue weighted by Gasteiger charge is 2.18. The zero-order valence-corrected chi connectivity index (χ0v) is 28.6. The van der Waals surface area contributed by atoms with Crippen LogP contribution >= 0.6 is 0 Å². The first kappa shape index (κ1) is 29.5. The summed E-state index contributed by atoms with van der Waals surface area (Å²) in [6.07, 6.45) is 0. The van der Waals surface area contributed by atoms with Gasteiger partial charge in [0.15, 0.2) is 17.5 Å². The van der Waals surface area contributed by atoms with Gasteiger partial charge in [0.05, 0.1) is 11.0 Å². The molecule has 0 fully saturated rings. The number of para-hydroxylation sites is 1. The van der Waals surface area contributed by atoms with Gasteiger partial charge in [0.25, 0.3) is 0 Å². The lowest BCUT2D eigenvalue weighted by atomic mass is 9.93. The Labute approximate surface area is 305 Å². The average Bonchev–Trinajstić information content (AvgIpc) is 3.55. The van der Waals surface area contributed by atoms with Gasteiger partial charge >= 0.3 is 0 Å². The first-order valence-corrected chi connectivity index (χ1v) is 17.9. The third-order valence-corrected chi connectivity index (χ3v) is 10.6. The molecule has 4 heteroatoms. The van der Waals surface area contributed by atoms with Crippen LogP contribution in [0.4, 0.5) is 0 Å². The molecule has 0 radical (unpaired) electrons. The number of rotatable bonds is 4. The maximum absolute atomic E-state index is 5.23. The van der Waals surface area contributed by atoms with Gasteiger partial charge in [-0.05, 0) is 91.6 Å². The molecule has 9 aromatic carbocycles. The average molecular weight is 675 g/mol. The van der Waals surface area contributed by atoms with E-state index in [4.69, 9.17) is 15.0 Å². The van der Waals surface area contributed by atoms with Crippen molar-refractivity contribution in [3.05, 3.63) is 182 Å². The molecule has 0 saturated carbocycles. The van der Waals surface area contributed by atoms with Gasteiger partial charge in [0, 0.05) is 33.2 Å². The summed E-state index contributed by atoms with van der Waals surface area (Å²) in [6.45, 7) is 0. The maximum Gasteiger partial charge on any atom is 0.164 e. The minimum absolute atomic E-state index is 0.635. The van der Waals surface area contributed by atoms with Gasteiger partial charge in [0.2, 0.25) is 0 Å². The lowest BCUT2D eigenvalue weighted by Crippen LogP contribution is -2.01. The summed E-state index contributed by atoms with van der Waals surface area (Å²) in [5.41, 5.74) is 6.30. The first-order valence-electron chi connectivity index (χ1n) is 17.9. The van der Waals surface area contributed by atoms with Crippen molar-refractivity contribution in [3.63, 3.8) is 0 Å². The Bertz CT molecular complexity index is 3220. The molecule has 0 unspecified atom stereocenters. The molecule has 246 valence electrons. The summed E-state index contributed by atoms with van der Waals surface area (Å²) in [6, 6.07) is 64.5. The Balaban J connectivity index is 1.11. The lowest BCUT2D eigenvalue weighted by Gasteiger charge is -2.14. The van der Waals surface area contributed by atoms with E-state index in [0.717, 1.165) is 27.8 Å². The third-order valence-electron chi connectivity index (χ3n) is 10.6. The fourth-order valence-electron chi connectivity index (χ4n) is 8.08. The van der Waals surface area contributed by atoms with Gasteiger partial charge in [-0.2, -0.15) is 0 Å². The predicted molar refractivity (Wildman–Crippen MR) is 220 cm³/mol. The largest absolute Gasteiger partial charge is 0.309 e. The number of hydrogen-bond donors (Lipinski definition) is 0. The molecular formula is C49H30N4. The molecule has 11 rings (SSSR count). The zero-order valence-electron chi connectivity index (χ0n) is 28.6. The van der Waals surface area contributed by atoms with E-state index in [2.05, 4.69) is 168 Å². The van der Waals surface area contributed by atoms with Crippen molar-refractivity contribution in [2.45, 2.75) is 0 Å². The second-order valence-electron chi connectivity index (χ2n) is 13.6. The number of fused-ring (bicyclic) bond motifs is 9. The van der Waals surface area contributed by atoms with E-state index in [1.807, 2.05) is 18.2 Å².